The van der Waals surface area contributed by atoms with E-state index in [9.17, 15) is 4.79 Å². The van der Waals surface area contributed by atoms with E-state index in [-0.39, 0.29) is 12.5 Å². The summed E-state index contributed by atoms with van der Waals surface area (Å²) in [6, 6.07) is 11.4. The molecule has 6 heteroatoms. The average molecular weight is 433 g/mol. The van der Waals surface area contributed by atoms with Gasteiger partial charge < -0.3 is 20.1 Å². The fourth-order valence-corrected chi connectivity index (χ4v) is 3.30. The van der Waals surface area contributed by atoms with Gasteiger partial charge in [0.2, 0.25) is 0 Å². The summed E-state index contributed by atoms with van der Waals surface area (Å²) < 4.78 is 11.4. The van der Waals surface area contributed by atoms with E-state index < -0.39 is 0 Å². The van der Waals surface area contributed by atoms with Crippen LogP contribution in [0.1, 0.15) is 50.7 Å². The lowest BCUT2D eigenvalue weighted by atomic mass is 10.2. The molecular weight excluding hydrogens is 400 g/mol. The number of carbonyl (C=O) groups is 1. The number of benzene rings is 2. The molecule has 0 heterocycles. The van der Waals surface area contributed by atoms with E-state index in [0.29, 0.717) is 29.7 Å². The molecule has 5 nitrogen and oxygen atoms in total. The van der Waals surface area contributed by atoms with E-state index in [1.807, 2.05) is 50.2 Å². The zero-order valence-corrected chi connectivity index (χ0v) is 19.0. The van der Waals surface area contributed by atoms with Gasteiger partial charge in [-0.1, -0.05) is 55.5 Å². The van der Waals surface area contributed by atoms with Crippen LogP contribution in [0.4, 0.5) is 5.69 Å². The van der Waals surface area contributed by atoms with E-state index in [0.717, 1.165) is 29.8 Å². The highest BCUT2D eigenvalue weighted by atomic mass is 35.5. The number of anilines is 1. The lowest BCUT2D eigenvalue weighted by molar-refractivity contribution is -0.118. The molecule has 2 N–H and O–H groups in total. The Labute approximate surface area is 185 Å². The van der Waals surface area contributed by atoms with Crippen molar-refractivity contribution in [1.82, 2.24) is 5.32 Å². The molecule has 0 spiro atoms. The Kier molecular flexibility index (Phi) is 10.5. The summed E-state index contributed by atoms with van der Waals surface area (Å²) in [4.78, 5) is 12.2. The van der Waals surface area contributed by atoms with Crippen LogP contribution in [0.3, 0.4) is 0 Å². The summed E-state index contributed by atoms with van der Waals surface area (Å²) >= 11 is 6.45. The van der Waals surface area contributed by atoms with Crippen LogP contribution in [0.2, 0.25) is 5.02 Å². The second kappa shape index (κ2) is 13.1. The van der Waals surface area contributed by atoms with Gasteiger partial charge in [-0.2, -0.15) is 0 Å². The molecule has 2 aromatic rings. The molecule has 1 amide bonds. The van der Waals surface area contributed by atoms with E-state index in [4.69, 9.17) is 21.1 Å². The van der Waals surface area contributed by atoms with Gasteiger partial charge in [0, 0.05) is 12.2 Å². The fourth-order valence-electron chi connectivity index (χ4n) is 3.01. The van der Waals surface area contributed by atoms with Crippen molar-refractivity contribution in [2.75, 3.05) is 25.1 Å². The summed E-state index contributed by atoms with van der Waals surface area (Å²) in [5.74, 6) is 0.690. The van der Waals surface area contributed by atoms with E-state index in [1.54, 1.807) is 0 Å². The highest BCUT2D eigenvalue weighted by Crippen LogP contribution is 2.36. The molecule has 0 aliphatic carbocycles. The number of rotatable bonds is 13. The monoisotopic (exact) mass is 432 g/mol. The van der Waals surface area contributed by atoms with Crippen LogP contribution in [0.15, 0.2) is 36.4 Å². The number of hydrogen-bond donors (Lipinski definition) is 2. The number of aryl methyl sites for hydroxylation is 1. The number of hydrogen-bond acceptors (Lipinski definition) is 4. The highest BCUT2D eigenvalue weighted by Gasteiger charge is 2.14. The molecule has 0 saturated heterocycles. The van der Waals surface area contributed by atoms with Crippen molar-refractivity contribution in [1.29, 1.82) is 0 Å². The Morgan fingerprint density at radius 3 is 2.50 bits per heavy atom. The molecular formula is C24H33ClN2O3. The third kappa shape index (κ3) is 8.25. The molecule has 164 valence electrons. The van der Waals surface area contributed by atoms with Gasteiger partial charge in [-0.05, 0) is 56.6 Å². The molecule has 0 saturated carbocycles. The minimum Gasteiger partial charge on any atom is -0.490 e. The number of amides is 1. The SMILES string of the molecule is CCCCCCNCc1cc(Cl)c(OCC(=O)Nc2ccc(C)cc2)c(OCC)c1. The molecule has 0 fully saturated rings. The molecule has 30 heavy (non-hydrogen) atoms. The normalized spacial score (nSPS) is 10.7. The lowest BCUT2D eigenvalue weighted by Crippen LogP contribution is -2.20. The first-order chi connectivity index (χ1) is 14.5. The van der Waals surface area contributed by atoms with Gasteiger partial charge in [0.15, 0.2) is 18.1 Å². The van der Waals surface area contributed by atoms with Crippen molar-refractivity contribution in [3.63, 3.8) is 0 Å². The first-order valence-corrected chi connectivity index (χ1v) is 11.1. The maximum Gasteiger partial charge on any atom is 0.262 e. The third-order valence-corrected chi connectivity index (χ3v) is 4.87. The van der Waals surface area contributed by atoms with E-state index >= 15 is 0 Å². The second-order valence-corrected chi connectivity index (χ2v) is 7.69. The van der Waals surface area contributed by atoms with Gasteiger partial charge in [-0.3, -0.25) is 4.79 Å². The summed E-state index contributed by atoms with van der Waals surface area (Å²) in [6.07, 6.45) is 4.91. The Morgan fingerprint density at radius 1 is 1.03 bits per heavy atom. The number of nitrogens with one attached hydrogen (secondary N) is 2. The lowest BCUT2D eigenvalue weighted by Gasteiger charge is -2.15. The molecule has 0 bridgehead atoms. The van der Waals surface area contributed by atoms with Crippen LogP contribution in [0.25, 0.3) is 0 Å². The Balaban J connectivity index is 1.93. The van der Waals surface area contributed by atoms with Crippen LogP contribution in [0, 0.1) is 6.92 Å². The summed E-state index contributed by atoms with van der Waals surface area (Å²) in [5.41, 5.74) is 2.88. The first kappa shape index (κ1) is 24.0. The van der Waals surface area contributed by atoms with Gasteiger partial charge in [-0.15, -0.1) is 0 Å². The molecule has 0 aliphatic heterocycles. The first-order valence-electron chi connectivity index (χ1n) is 10.7. The number of halogens is 1. The largest absolute Gasteiger partial charge is 0.490 e. The molecule has 0 aromatic heterocycles. The maximum absolute atomic E-state index is 12.2. The van der Waals surface area contributed by atoms with Gasteiger partial charge in [0.1, 0.15) is 0 Å². The van der Waals surface area contributed by atoms with Crippen LogP contribution in [0.5, 0.6) is 11.5 Å². The predicted octanol–water partition coefficient (Wildman–Crippen LogP) is 5.73. The van der Waals surface area contributed by atoms with Crippen LogP contribution in [-0.2, 0) is 11.3 Å². The van der Waals surface area contributed by atoms with E-state index in [2.05, 4.69) is 17.6 Å². The van der Waals surface area contributed by atoms with Crippen LogP contribution >= 0.6 is 11.6 Å². The topological polar surface area (TPSA) is 59.6 Å². The maximum atomic E-state index is 12.2. The fraction of sp³-hybridized carbons (Fsp3) is 0.458. The Hall–Kier alpha value is -2.24. The van der Waals surface area contributed by atoms with E-state index in [1.165, 1.54) is 19.3 Å². The van der Waals surface area contributed by atoms with Gasteiger partial charge in [-0.25, -0.2) is 0 Å². The van der Waals surface area contributed by atoms with Crippen LogP contribution < -0.4 is 20.1 Å². The van der Waals surface area contributed by atoms with Crippen molar-refractivity contribution < 1.29 is 14.3 Å². The van der Waals surface area contributed by atoms with Crippen molar-refractivity contribution in [2.45, 2.75) is 53.0 Å². The molecule has 0 aliphatic rings. The average Bonchev–Trinajstić information content (AvgIpc) is 2.72. The smallest absolute Gasteiger partial charge is 0.262 e. The Morgan fingerprint density at radius 2 is 1.80 bits per heavy atom. The third-order valence-electron chi connectivity index (χ3n) is 4.59. The molecule has 2 rings (SSSR count). The standard InChI is InChI=1S/C24H33ClN2O3/c1-4-6-7-8-13-26-16-19-14-21(25)24(22(15-19)29-5-2)30-17-23(28)27-20-11-9-18(3)10-12-20/h9-12,14-15,26H,4-8,13,16-17H2,1-3H3,(H,27,28). The molecule has 2 aromatic carbocycles. The highest BCUT2D eigenvalue weighted by molar-refractivity contribution is 6.32. The zero-order valence-electron chi connectivity index (χ0n) is 18.2. The summed E-state index contributed by atoms with van der Waals surface area (Å²) in [7, 11) is 0. The minimum absolute atomic E-state index is 0.150. The van der Waals surface area contributed by atoms with Crippen molar-refractivity contribution in [2.24, 2.45) is 0 Å². The number of ether oxygens (including phenoxy) is 2. The minimum atomic E-state index is -0.254. The van der Waals surface area contributed by atoms with Gasteiger partial charge in [0.25, 0.3) is 5.91 Å². The van der Waals surface area contributed by atoms with Crippen molar-refractivity contribution >= 4 is 23.2 Å². The summed E-state index contributed by atoms with van der Waals surface area (Å²) in [6.45, 7) is 8.12. The molecule has 0 unspecified atom stereocenters. The molecule has 0 atom stereocenters. The summed E-state index contributed by atoms with van der Waals surface area (Å²) in [5, 5.41) is 6.69. The number of unbranched alkanes of at least 4 members (excludes halogenated alkanes) is 3. The van der Waals surface area contributed by atoms with Crippen LogP contribution in [-0.4, -0.2) is 25.7 Å². The predicted molar refractivity (Wildman–Crippen MR) is 124 cm³/mol. The van der Waals surface area contributed by atoms with Gasteiger partial charge in [0.05, 0.1) is 11.6 Å². The number of carbonyl (C=O) groups excluding carboxylic acids is 1. The van der Waals surface area contributed by atoms with Crippen molar-refractivity contribution in [3.05, 3.63) is 52.5 Å². The Bertz CT molecular complexity index is 794. The van der Waals surface area contributed by atoms with Gasteiger partial charge >= 0.3 is 0 Å². The molecule has 0 radical (unpaired) electrons. The zero-order chi connectivity index (χ0) is 21.8. The second-order valence-electron chi connectivity index (χ2n) is 7.28. The van der Waals surface area contributed by atoms with Crippen molar-refractivity contribution in [3.8, 4) is 11.5 Å². The quantitative estimate of drug-likeness (QED) is 0.396.